The van der Waals surface area contributed by atoms with Gasteiger partial charge < -0.3 is 4.90 Å². The molecule has 2 aliphatic rings. The van der Waals surface area contributed by atoms with Crippen molar-refractivity contribution >= 4 is 0 Å². The normalized spacial score (nSPS) is 27.1. The van der Waals surface area contributed by atoms with E-state index in [0.717, 1.165) is 5.92 Å². The van der Waals surface area contributed by atoms with Crippen molar-refractivity contribution in [3.8, 4) is 0 Å². The third-order valence-electron chi connectivity index (χ3n) is 3.83. The molecule has 14 heavy (non-hydrogen) atoms. The zero-order chi connectivity index (χ0) is 9.80. The molecule has 0 spiro atoms. The molecular formula is C13H23N. The van der Waals surface area contributed by atoms with E-state index in [9.17, 15) is 0 Å². The third-order valence-corrected chi connectivity index (χ3v) is 3.83. The summed E-state index contributed by atoms with van der Waals surface area (Å²) in [5.74, 6) is 0.950. The SMILES string of the molecule is CN1CC=C(C2CCCCCC2)CC1. The zero-order valence-electron chi connectivity index (χ0n) is 9.47. The molecule has 80 valence electrons. The van der Waals surface area contributed by atoms with Crippen LogP contribution >= 0.6 is 0 Å². The fraction of sp³-hybridized carbons (Fsp3) is 0.846. The minimum Gasteiger partial charge on any atom is -0.302 e. The van der Waals surface area contributed by atoms with Gasteiger partial charge in [-0.2, -0.15) is 0 Å². The highest BCUT2D eigenvalue weighted by Gasteiger charge is 2.18. The Balaban J connectivity index is 1.92. The van der Waals surface area contributed by atoms with Gasteiger partial charge >= 0.3 is 0 Å². The van der Waals surface area contributed by atoms with Crippen LogP contribution < -0.4 is 0 Å². The maximum atomic E-state index is 2.50. The van der Waals surface area contributed by atoms with E-state index in [-0.39, 0.29) is 0 Å². The predicted octanol–water partition coefficient (Wildman–Crippen LogP) is 3.22. The van der Waals surface area contributed by atoms with Crippen LogP contribution in [0.25, 0.3) is 0 Å². The molecular weight excluding hydrogens is 170 g/mol. The quantitative estimate of drug-likeness (QED) is 0.456. The average molecular weight is 193 g/mol. The second-order valence-electron chi connectivity index (χ2n) is 4.98. The van der Waals surface area contributed by atoms with Crippen molar-refractivity contribution in [2.24, 2.45) is 5.92 Å². The second kappa shape index (κ2) is 4.97. The van der Waals surface area contributed by atoms with E-state index in [4.69, 9.17) is 0 Å². The fourth-order valence-corrected chi connectivity index (χ4v) is 2.81. The molecule has 1 saturated carbocycles. The van der Waals surface area contributed by atoms with Crippen LogP contribution in [0.2, 0.25) is 0 Å². The summed E-state index contributed by atoms with van der Waals surface area (Å²) >= 11 is 0. The molecule has 1 nitrogen and oxygen atoms in total. The summed E-state index contributed by atoms with van der Waals surface area (Å²) in [6, 6.07) is 0. The van der Waals surface area contributed by atoms with Gasteiger partial charge in [0.15, 0.2) is 0 Å². The van der Waals surface area contributed by atoms with E-state index in [1.54, 1.807) is 5.57 Å². The first-order valence-corrected chi connectivity index (χ1v) is 6.24. The summed E-state index contributed by atoms with van der Waals surface area (Å²) in [5, 5.41) is 0. The zero-order valence-corrected chi connectivity index (χ0v) is 9.47. The van der Waals surface area contributed by atoms with Gasteiger partial charge in [0.25, 0.3) is 0 Å². The Morgan fingerprint density at radius 3 is 2.43 bits per heavy atom. The van der Waals surface area contributed by atoms with E-state index in [1.807, 2.05) is 0 Å². The molecule has 2 rings (SSSR count). The summed E-state index contributed by atoms with van der Waals surface area (Å²) in [5.41, 5.74) is 1.78. The highest BCUT2D eigenvalue weighted by atomic mass is 15.1. The Morgan fingerprint density at radius 1 is 1.14 bits per heavy atom. The Morgan fingerprint density at radius 2 is 1.86 bits per heavy atom. The van der Waals surface area contributed by atoms with Gasteiger partial charge in [-0.3, -0.25) is 0 Å². The standard InChI is InChI=1S/C13H23N/c1-14-10-8-13(9-11-14)12-6-4-2-3-5-7-12/h8,12H,2-7,9-11H2,1H3. The van der Waals surface area contributed by atoms with Crippen LogP contribution in [0.3, 0.4) is 0 Å². The summed E-state index contributed by atoms with van der Waals surface area (Å²) in [4.78, 5) is 2.42. The summed E-state index contributed by atoms with van der Waals surface area (Å²) in [7, 11) is 2.22. The van der Waals surface area contributed by atoms with E-state index in [2.05, 4.69) is 18.0 Å². The van der Waals surface area contributed by atoms with E-state index < -0.39 is 0 Å². The van der Waals surface area contributed by atoms with Crippen LogP contribution in [0.1, 0.15) is 44.9 Å². The monoisotopic (exact) mass is 193 g/mol. The number of likely N-dealkylation sites (N-methyl/N-ethyl adjacent to an activating group) is 1. The van der Waals surface area contributed by atoms with Crippen LogP contribution in [0.15, 0.2) is 11.6 Å². The highest BCUT2D eigenvalue weighted by molar-refractivity contribution is 5.11. The van der Waals surface area contributed by atoms with Crippen molar-refractivity contribution in [2.45, 2.75) is 44.9 Å². The Kier molecular flexibility index (Phi) is 3.63. The lowest BCUT2D eigenvalue weighted by molar-refractivity contribution is 0.342. The maximum Gasteiger partial charge on any atom is 0.0163 e. The molecule has 0 unspecified atom stereocenters. The lowest BCUT2D eigenvalue weighted by Gasteiger charge is -2.26. The third kappa shape index (κ3) is 2.60. The van der Waals surface area contributed by atoms with Crippen LogP contribution in [-0.4, -0.2) is 25.0 Å². The van der Waals surface area contributed by atoms with Crippen molar-refractivity contribution < 1.29 is 0 Å². The Hall–Kier alpha value is -0.300. The molecule has 1 heterocycles. The Labute approximate surface area is 88.2 Å². The molecule has 1 aliphatic carbocycles. The minimum absolute atomic E-state index is 0.950. The van der Waals surface area contributed by atoms with Gasteiger partial charge in [0.1, 0.15) is 0 Å². The maximum absolute atomic E-state index is 2.50. The molecule has 0 saturated heterocycles. The lowest BCUT2D eigenvalue weighted by Crippen LogP contribution is -2.26. The Bertz CT molecular complexity index is 199. The first-order chi connectivity index (χ1) is 6.86. The molecule has 0 bridgehead atoms. The molecule has 0 amide bonds. The lowest BCUT2D eigenvalue weighted by atomic mass is 9.88. The average Bonchev–Trinajstić information content (AvgIpc) is 2.47. The summed E-state index contributed by atoms with van der Waals surface area (Å²) in [6.07, 6.45) is 12.7. The van der Waals surface area contributed by atoms with Gasteiger partial charge in [0, 0.05) is 13.1 Å². The second-order valence-corrected chi connectivity index (χ2v) is 4.98. The van der Waals surface area contributed by atoms with Crippen molar-refractivity contribution in [2.75, 3.05) is 20.1 Å². The largest absolute Gasteiger partial charge is 0.302 e. The molecule has 0 radical (unpaired) electrons. The molecule has 0 aromatic carbocycles. The van der Waals surface area contributed by atoms with Gasteiger partial charge in [-0.1, -0.05) is 37.3 Å². The molecule has 1 heteroatoms. The molecule has 0 aromatic heterocycles. The number of nitrogens with zero attached hydrogens (tertiary/aromatic N) is 1. The summed E-state index contributed by atoms with van der Waals surface area (Å²) < 4.78 is 0. The molecule has 0 N–H and O–H groups in total. The smallest absolute Gasteiger partial charge is 0.0163 e. The first-order valence-electron chi connectivity index (χ1n) is 6.24. The van der Waals surface area contributed by atoms with Gasteiger partial charge in [-0.15, -0.1) is 0 Å². The van der Waals surface area contributed by atoms with Crippen molar-refractivity contribution in [1.82, 2.24) is 4.90 Å². The number of hydrogen-bond acceptors (Lipinski definition) is 1. The van der Waals surface area contributed by atoms with Gasteiger partial charge in [-0.25, -0.2) is 0 Å². The van der Waals surface area contributed by atoms with Crippen molar-refractivity contribution in [1.29, 1.82) is 0 Å². The van der Waals surface area contributed by atoms with Crippen LogP contribution in [-0.2, 0) is 0 Å². The van der Waals surface area contributed by atoms with E-state index in [0.29, 0.717) is 0 Å². The molecule has 1 fully saturated rings. The van der Waals surface area contributed by atoms with Crippen LogP contribution in [0.5, 0.6) is 0 Å². The van der Waals surface area contributed by atoms with Crippen LogP contribution in [0.4, 0.5) is 0 Å². The van der Waals surface area contributed by atoms with Crippen molar-refractivity contribution in [3.05, 3.63) is 11.6 Å². The van der Waals surface area contributed by atoms with Gasteiger partial charge in [0.05, 0.1) is 0 Å². The minimum atomic E-state index is 0.950. The summed E-state index contributed by atoms with van der Waals surface area (Å²) in [6.45, 7) is 2.47. The van der Waals surface area contributed by atoms with Crippen LogP contribution in [0, 0.1) is 5.92 Å². The topological polar surface area (TPSA) is 3.24 Å². The predicted molar refractivity (Wildman–Crippen MR) is 61.4 cm³/mol. The fourth-order valence-electron chi connectivity index (χ4n) is 2.81. The van der Waals surface area contributed by atoms with E-state index >= 15 is 0 Å². The molecule has 1 aliphatic heterocycles. The van der Waals surface area contributed by atoms with Gasteiger partial charge in [0.2, 0.25) is 0 Å². The first kappa shape index (κ1) is 10.2. The van der Waals surface area contributed by atoms with Gasteiger partial charge in [-0.05, 0) is 32.2 Å². The number of hydrogen-bond donors (Lipinski definition) is 0. The molecule has 0 atom stereocenters. The molecule has 0 aromatic rings. The van der Waals surface area contributed by atoms with E-state index in [1.165, 1.54) is 58.0 Å². The van der Waals surface area contributed by atoms with Crippen molar-refractivity contribution in [3.63, 3.8) is 0 Å². The number of rotatable bonds is 1. The highest BCUT2D eigenvalue weighted by Crippen LogP contribution is 2.31.